The van der Waals surface area contributed by atoms with Crippen molar-refractivity contribution < 1.29 is 8.78 Å². The van der Waals surface area contributed by atoms with Crippen LogP contribution < -0.4 is 5.73 Å². The number of benzene rings is 1. The van der Waals surface area contributed by atoms with E-state index < -0.39 is 17.7 Å². The van der Waals surface area contributed by atoms with Crippen molar-refractivity contribution in [3.05, 3.63) is 47.5 Å². The SMILES string of the molecule is CC(C)n1ncnc1CC(N)c1c(F)cccc1F. The van der Waals surface area contributed by atoms with Crippen LogP contribution in [-0.4, -0.2) is 14.8 Å². The first-order valence-corrected chi connectivity index (χ1v) is 6.08. The highest BCUT2D eigenvalue weighted by Gasteiger charge is 2.19. The van der Waals surface area contributed by atoms with E-state index in [0.29, 0.717) is 5.82 Å². The van der Waals surface area contributed by atoms with E-state index in [9.17, 15) is 8.78 Å². The van der Waals surface area contributed by atoms with Crippen LogP contribution in [0, 0.1) is 11.6 Å². The van der Waals surface area contributed by atoms with E-state index in [2.05, 4.69) is 10.1 Å². The third kappa shape index (κ3) is 2.78. The average molecular weight is 266 g/mol. The van der Waals surface area contributed by atoms with Gasteiger partial charge in [0.1, 0.15) is 23.8 Å². The lowest BCUT2D eigenvalue weighted by molar-refractivity contribution is 0.478. The van der Waals surface area contributed by atoms with Crippen LogP contribution >= 0.6 is 0 Å². The van der Waals surface area contributed by atoms with Crippen molar-refractivity contribution >= 4 is 0 Å². The molecule has 2 aromatic rings. The number of hydrogen-bond acceptors (Lipinski definition) is 3. The van der Waals surface area contributed by atoms with Gasteiger partial charge in [-0.2, -0.15) is 5.10 Å². The second-order valence-electron chi connectivity index (χ2n) is 4.66. The summed E-state index contributed by atoms with van der Waals surface area (Å²) in [5.41, 5.74) is 5.79. The van der Waals surface area contributed by atoms with Crippen LogP contribution in [0.3, 0.4) is 0 Å². The lowest BCUT2D eigenvalue weighted by Crippen LogP contribution is -2.20. The topological polar surface area (TPSA) is 56.7 Å². The first kappa shape index (κ1) is 13.6. The smallest absolute Gasteiger partial charge is 0.138 e. The van der Waals surface area contributed by atoms with Gasteiger partial charge in [-0.05, 0) is 26.0 Å². The molecule has 1 aromatic carbocycles. The molecule has 0 aliphatic carbocycles. The van der Waals surface area contributed by atoms with Gasteiger partial charge in [-0.1, -0.05) is 6.07 Å². The van der Waals surface area contributed by atoms with Crippen LogP contribution in [0.15, 0.2) is 24.5 Å². The van der Waals surface area contributed by atoms with Crippen molar-refractivity contribution in [3.63, 3.8) is 0 Å². The molecule has 1 aromatic heterocycles. The Morgan fingerprint density at radius 1 is 1.26 bits per heavy atom. The number of nitrogens with zero attached hydrogens (tertiary/aromatic N) is 3. The van der Waals surface area contributed by atoms with E-state index in [1.807, 2.05) is 13.8 Å². The van der Waals surface area contributed by atoms with E-state index in [0.717, 1.165) is 0 Å². The van der Waals surface area contributed by atoms with Gasteiger partial charge in [0.25, 0.3) is 0 Å². The van der Waals surface area contributed by atoms with Gasteiger partial charge in [-0.25, -0.2) is 18.4 Å². The summed E-state index contributed by atoms with van der Waals surface area (Å²) >= 11 is 0. The highest BCUT2D eigenvalue weighted by Crippen LogP contribution is 2.22. The summed E-state index contributed by atoms with van der Waals surface area (Å²) in [7, 11) is 0. The zero-order chi connectivity index (χ0) is 14.0. The van der Waals surface area contributed by atoms with Crippen molar-refractivity contribution in [1.29, 1.82) is 0 Å². The molecule has 0 radical (unpaired) electrons. The van der Waals surface area contributed by atoms with Gasteiger partial charge in [0, 0.05) is 24.1 Å². The van der Waals surface area contributed by atoms with Gasteiger partial charge >= 0.3 is 0 Å². The van der Waals surface area contributed by atoms with Crippen LogP contribution in [0.4, 0.5) is 8.78 Å². The minimum Gasteiger partial charge on any atom is -0.323 e. The summed E-state index contributed by atoms with van der Waals surface area (Å²) in [6.45, 7) is 3.90. The van der Waals surface area contributed by atoms with Gasteiger partial charge in [0.2, 0.25) is 0 Å². The van der Waals surface area contributed by atoms with Crippen molar-refractivity contribution in [2.24, 2.45) is 5.73 Å². The molecule has 6 heteroatoms. The molecule has 0 saturated heterocycles. The minimum atomic E-state index is -0.789. The fraction of sp³-hybridized carbons (Fsp3) is 0.385. The number of aromatic nitrogens is 3. The van der Waals surface area contributed by atoms with Gasteiger partial charge in [-0.3, -0.25) is 0 Å². The average Bonchev–Trinajstić information content (AvgIpc) is 2.76. The summed E-state index contributed by atoms with van der Waals surface area (Å²) in [5, 5.41) is 4.07. The molecule has 102 valence electrons. The van der Waals surface area contributed by atoms with E-state index >= 15 is 0 Å². The van der Waals surface area contributed by atoms with Gasteiger partial charge < -0.3 is 5.73 Å². The van der Waals surface area contributed by atoms with E-state index in [1.54, 1.807) is 4.68 Å². The molecule has 1 unspecified atom stereocenters. The first-order chi connectivity index (χ1) is 9.00. The molecule has 1 atom stereocenters. The predicted octanol–water partition coefficient (Wildman–Crippen LogP) is 2.38. The lowest BCUT2D eigenvalue weighted by Gasteiger charge is -2.15. The summed E-state index contributed by atoms with van der Waals surface area (Å²) < 4.78 is 28.9. The molecule has 2 N–H and O–H groups in total. The van der Waals surface area contributed by atoms with Crippen LogP contribution in [0.1, 0.15) is 37.3 Å². The second kappa shape index (κ2) is 5.44. The molecule has 0 spiro atoms. The Hall–Kier alpha value is -1.82. The number of rotatable bonds is 4. The van der Waals surface area contributed by atoms with Crippen LogP contribution in [0.5, 0.6) is 0 Å². The molecular weight excluding hydrogens is 250 g/mol. The van der Waals surface area contributed by atoms with Crippen molar-refractivity contribution in [2.45, 2.75) is 32.4 Å². The monoisotopic (exact) mass is 266 g/mol. The molecule has 0 saturated carbocycles. The Kier molecular flexibility index (Phi) is 3.90. The quantitative estimate of drug-likeness (QED) is 0.924. The van der Waals surface area contributed by atoms with Gasteiger partial charge in [0.15, 0.2) is 0 Å². The van der Waals surface area contributed by atoms with Crippen molar-refractivity contribution in [2.75, 3.05) is 0 Å². The summed E-state index contributed by atoms with van der Waals surface area (Å²) in [5.74, 6) is -0.656. The van der Waals surface area contributed by atoms with Crippen molar-refractivity contribution in [3.8, 4) is 0 Å². The molecule has 0 fully saturated rings. The summed E-state index contributed by atoms with van der Waals surface area (Å²) in [4.78, 5) is 4.09. The van der Waals surface area contributed by atoms with Crippen LogP contribution in [-0.2, 0) is 6.42 Å². The minimum absolute atomic E-state index is 0.110. The highest BCUT2D eigenvalue weighted by molar-refractivity contribution is 5.23. The third-order valence-electron chi connectivity index (χ3n) is 2.91. The number of hydrogen-bond donors (Lipinski definition) is 1. The third-order valence-corrected chi connectivity index (χ3v) is 2.91. The maximum atomic E-state index is 13.6. The maximum absolute atomic E-state index is 13.6. The fourth-order valence-electron chi connectivity index (χ4n) is 2.02. The number of halogens is 2. The molecule has 19 heavy (non-hydrogen) atoms. The molecule has 0 aliphatic rings. The van der Waals surface area contributed by atoms with E-state index in [-0.39, 0.29) is 18.0 Å². The van der Waals surface area contributed by atoms with E-state index in [1.165, 1.54) is 24.5 Å². The van der Waals surface area contributed by atoms with Gasteiger partial charge in [-0.15, -0.1) is 0 Å². The highest BCUT2D eigenvalue weighted by atomic mass is 19.1. The molecule has 0 amide bonds. The van der Waals surface area contributed by atoms with E-state index in [4.69, 9.17) is 5.73 Å². The maximum Gasteiger partial charge on any atom is 0.138 e. The Morgan fingerprint density at radius 2 is 1.89 bits per heavy atom. The van der Waals surface area contributed by atoms with Crippen LogP contribution in [0.2, 0.25) is 0 Å². The second-order valence-corrected chi connectivity index (χ2v) is 4.66. The largest absolute Gasteiger partial charge is 0.323 e. The van der Waals surface area contributed by atoms with Gasteiger partial charge in [0.05, 0.1) is 0 Å². The molecule has 1 heterocycles. The standard InChI is InChI=1S/C13H16F2N4/c1-8(2)19-12(17-7-18-19)6-11(16)13-9(14)4-3-5-10(13)15/h3-5,7-8,11H,6,16H2,1-2H3. The molecule has 0 bridgehead atoms. The predicted molar refractivity (Wildman–Crippen MR) is 67.4 cm³/mol. The van der Waals surface area contributed by atoms with Crippen LogP contribution in [0.25, 0.3) is 0 Å². The summed E-state index contributed by atoms with van der Waals surface area (Å²) in [6.07, 6.45) is 1.65. The lowest BCUT2D eigenvalue weighted by atomic mass is 10.0. The Balaban J connectivity index is 2.26. The molecule has 0 aliphatic heterocycles. The Morgan fingerprint density at radius 3 is 2.47 bits per heavy atom. The molecular formula is C13H16F2N4. The Labute approximate surface area is 110 Å². The zero-order valence-electron chi connectivity index (χ0n) is 10.8. The Bertz CT molecular complexity index is 545. The first-order valence-electron chi connectivity index (χ1n) is 6.08. The fourth-order valence-corrected chi connectivity index (χ4v) is 2.02. The zero-order valence-corrected chi connectivity index (χ0v) is 10.8. The molecule has 4 nitrogen and oxygen atoms in total. The number of nitrogens with two attached hydrogens (primary N) is 1. The van der Waals surface area contributed by atoms with Crippen molar-refractivity contribution in [1.82, 2.24) is 14.8 Å². The molecule has 2 rings (SSSR count). The normalized spacial score (nSPS) is 12.9. The summed E-state index contributed by atoms with van der Waals surface area (Å²) in [6, 6.07) is 3.05.